The summed E-state index contributed by atoms with van der Waals surface area (Å²) in [5.41, 5.74) is 2.50. The molecule has 1 aromatic carbocycles. The lowest BCUT2D eigenvalue weighted by Crippen LogP contribution is -2.47. The minimum Gasteiger partial charge on any atom is -0.496 e. The molecule has 1 aliphatic rings. The van der Waals surface area contributed by atoms with Crippen molar-refractivity contribution in [3.63, 3.8) is 0 Å². The molecule has 3 unspecified atom stereocenters. The van der Waals surface area contributed by atoms with Gasteiger partial charge in [-0.3, -0.25) is 4.99 Å². The summed E-state index contributed by atoms with van der Waals surface area (Å²) in [5, 5.41) is 7.01. The highest BCUT2D eigenvalue weighted by Crippen LogP contribution is 2.33. The van der Waals surface area contributed by atoms with Crippen LogP contribution in [0.4, 0.5) is 0 Å². The van der Waals surface area contributed by atoms with Gasteiger partial charge in [0.15, 0.2) is 5.96 Å². The molecule has 0 aromatic heterocycles. The zero-order valence-electron chi connectivity index (χ0n) is 18.1. The van der Waals surface area contributed by atoms with E-state index >= 15 is 0 Å². The van der Waals surface area contributed by atoms with Crippen molar-refractivity contribution in [2.75, 3.05) is 27.3 Å². The predicted molar refractivity (Wildman–Crippen MR) is 113 cm³/mol. The molecule has 2 rings (SSSR count). The Hall–Kier alpha value is -1.75. The molecule has 1 aromatic rings. The van der Waals surface area contributed by atoms with Crippen molar-refractivity contribution < 1.29 is 9.47 Å². The van der Waals surface area contributed by atoms with E-state index in [1.807, 2.05) is 13.1 Å². The first-order chi connectivity index (χ1) is 12.8. The summed E-state index contributed by atoms with van der Waals surface area (Å²) in [6, 6.07) is 6.34. The number of nitrogens with zero attached hydrogens (tertiary/aromatic N) is 1. The van der Waals surface area contributed by atoms with Crippen molar-refractivity contribution in [1.29, 1.82) is 0 Å². The van der Waals surface area contributed by atoms with E-state index in [0.717, 1.165) is 36.8 Å². The highest BCUT2D eigenvalue weighted by Gasteiger charge is 2.35. The fourth-order valence-corrected chi connectivity index (χ4v) is 3.91. The third-order valence-corrected chi connectivity index (χ3v) is 5.26. The van der Waals surface area contributed by atoms with Gasteiger partial charge in [-0.15, -0.1) is 0 Å². The molecule has 5 heteroatoms. The van der Waals surface area contributed by atoms with E-state index in [0.29, 0.717) is 5.92 Å². The van der Waals surface area contributed by atoms with Crippen molar-refractivity contribution in [3.05, 3.63) is 29.3 Å². The average molecular weight is 376 g/mol. The average Bonchev–Trinajstić information content (AvgIpc) is 2.64. The van der Waals surface area contributed by atoms with Gasteiger partial charge < -0.3 is 20.1 Å². The fourth-order valence-electron chi connectivity index (χ4n) is 3.91. The fraction of sp³-hybridized carbons (Fsp3) is 0.682. The molecule has 0 radical (unpaired) electrons. The summed E-state index contributed by atoms with van der Waals surface area (Å²) >= 11 is 0. The van der Waals surface area contributed by atoms with Crippen LogP contribution in [-0.2, 0) is 4.74 Å². The molecule has 3 atom stereocenters. The summed E-state index contributed by atoms with van der Waals surface area (Å²) in [6.07, 6.45) is 2.58. The van der Waals surface area contributed by atoms with Crippen LogP contribution in [0.5, 0.6) is 5.75 Å². The van der Waals surface area contributed by atoms with Crippen LogP contribution < -0.4 is 15.4 Å². The molecular weight excluding hydrogens is 338 g/mol. The molecule has 1 fully saturated rings. The summed E-state index contributed by atoms with van der Waals surface area (Å²) in [5.74, 6) is 2.19. The number of aliphatic imine (C=N–C) groups is 1. The van der Waals surface area contributed by atoms with Gasteiger partial charge in [0.1, 0.15) is 5.75 Å². The Bertz CT molecular complexity index is 637. The summed E-state index contributed by atoms with van der Waals surface area (Å²) in [6.45, 7) is 12.7. The number of nitrogens with one attached hydrogen (secondary N) is 2. The van der Waals surface area contributed by atoms with E-state index in [-0.39, 0.29) is 17.6 Å². The maximum absolute atomic E-state index is 6.10. The summed E-state index contributed by atoms with van der Waals surface area (Å²) in [4.78, 5) is 4.42. The maximum Gasteiger partial charge on any atom is 0.191 e. The van der Waals surface area contributed by atoms with E-state index in [4.69, 9.17) is 9.47 Å². The highest BCUT2D eigenvalue weighted by molar-refractivity contribution is 5.80. The normalized spacial score (nSPS) is 22.3. The van der Waals surface area contributed by atoms with E-state index in [1.54, 1.807) is 7.11 Å². The zero-order valence-corrected chi connectivity index (χ0v) is 18.1. The van der Waals surface area contributed by atoms with Gasteiger partial charge in [-0.1, -0.05) is 38.5 Å². The highest BCUT2D eigenvalue weighted by atomic mass is 16.5. The first-order valence-electron chi connectivity index (χ1n) is 9.99. The van der Waals surface area contributed by atoms with Crippen LogP contribution in [0.2, 0.25) is 0 Å². The lowest BCUT2D eigenvalue weighted by molar-refractivity contribution is -0.0835. The van der Waals surface area contributed by atoms with Crippen molar-refractivity contribution in [3.8, 4) is 5.75 Å². The number of hydrogen-bond acceptors (Lipinski definition) is 3. The lowest BCUT2D eigenvalue weighted by atomic mass is 9.78. The maximum atomic E-state index is 6.10. The molecule has 0 amide bonds. The number of ether oxygens (including phenoxy) is 2. The Balaban J connectivity index is 2.00. The minimum atomic E-state index is 0.0899. The minimum absolute atomic E-state index is 0.0899. The molecule has 1 aliphatic heterocycles. The van der Waals surface area contributed by atoms with Crippen molar-refractivity contribution in [2.24, 2.45) is 16.3 Å². The smallest absolute Gasteiger partial charge is 0.191 e. The van der Waals surface area contributed by atoms with Crippen LogP contribution in [0.3, 0.4) is 0 Å². The zero-order chi connectivity index (χ0) is 20.0. The number of benzene rings is 1. The van der Waals surface area contributed by atoms with Crippen LogP contribution in [0.15, 0.2) is 23.2 Å². The number of methoxy groups -OCH3 is 1. The van der Waals surface area contributed by atoms with Gasteiger partial charge >= 0.3 is 0 Å². The monoisotopic (exact) mass is 375 g/mol. The van der Waals surface area contributed by atoms with Crippen molar-refractivity contribution in [1.82, 2.24) is 10.6 Å². The van der Waals surface area contributed by atoms with Crippen molar-refractivity contribution >= 4 is 5.96 Å². The Kier molecular flexibility index (Phi) is 7.54. The largest absolute Gasteiger partial charge is 0.496 e. The van der Waals surface area contributed by atoms with Gasteiger partial charge in [0.05, 0.1) is 19.3 Å². The first kappa shape index (κ1) is 21.5. The van der Waals surface area contributed by atoms with E-state index < -0.39 is 0 Å². The second kappa shape index (κ2) is 9.45. The van der Waals surface area contributed by atoms with Gasteiger partial charge in [-0.25, -0.2) is 0 Å². The number of guanidine groups is 1. The molecule has 27 heavy (non-hydrogen) atoms. The van der Waals surface area contributed by atoms with E-state index in [1.165, 1.54) is 12.0 Å². The lowest BCUT2D eigenvalue weighted by Gasteiger charge is -2.40. The molecule has 0 spiro atoms. The Labute approximate surface area is 164 Å². The van der Waals surface area contributed by atoms with Crippen LogP contribution >= 0.6 is 0 Å². The van der Waals surface area contributed by atoms with E-state index in [9.17, 15) is 0 Å². The molecule has 0 bridgehead atoms. The number of rotatable bonds is 5. The number of aryl methyl sites for hydroxylation is 1. The SMILES string of the molecule is CN=C(NCC1CCCOC1C(C)(C)C)NC(C)c1cc(C)ccc1OC. The quantitative estimate of drug-likeness (QED) is 0.602. The van der Waals surface area contributed by atoms with Crippen LogP contribution in [0, 0.1) is 18.3 Å². The second-order valence-electron chi connectivity index (χ2n) is 8.62. The Morgan fingerprint density at radius 3 is 2.74 bits per heavy atom. The van der Waals surface area contributed by atoms with Crippen LogP contribution in [-0.4, -0.2) is 39.4 Å². The number of hydrogen-bond donors (Lipinski definition) is 2. The molecule has 2 N–H and O–H groups in total. The molecule has 0 saturated carbocycles. The summed E-state index contributed by atoms with van der Waals surface area (Å²) in [7, 11) is 3.53. The first-order valence-corrected chi connectivity index (χ1v) is 9.99. The van der Waals surface area contributed by atoms with E-state index in [2.05, 4.69) is 62.4 Å². The molecule has 1 saturated heterocycles. The second-order valence-corrected chi connectivity index (χ2v) is 8.62. The molecule has 0 aliphatic carbocycles. The standard InChI is InChI=1S/C22H37N3O2/c1-15-10-11-19(26-7)18(13-15)16(2)25-21(23-6)24-14-17-9-8-12-27-20(17)22(3,4)5/h10-11,13,16-17,20H,8-9,12,14H2,1-7H3,(H2,23,24,25). The molecular formula is C22H37N3O2. The van der Waals surface area contributed by atoms with Crippen LogP contribution in [0.1, 0.15) is 57.7 Å². The molecule has 1 heterocycles. The van der Waals surface area contributed by atoms with Gasteiger partial charge in [0, 0.05) is 31.7 Å². The predicted octanol–water partition coefficient (Wildman–Crippen LogP) is 4.07. The van der Waals surface area contributed by atoms with Gasteiger partial charge in [-0.05, 0) is 38.2 Å². The van der Waals surface area contributed by atoms with Gasteiger partial charge in [-0.2, -0.15) is 0 Å². The third-order valence-electron chi connectivity index (χ3n) is 5.26. The van der Waals surface area contributed by atoms with Gasteiger partial charge in [0.25, 0.3) is 0 Å². The van der Waals surface area contributed by atoms with Crippen molar-refractivity contribution in [2.45, 2.75) is 59.6 Å². The van der Waals surface area contributed by atoms with Gasteiger partial charge in [0.2, 0.25) is 0 Å². The summed E-state index contributed by atoms with van der Waals surface area (Å²) < 4.78 is 11.6. The Morgan fingerprint density at radius 1 is 1.37 bits per heavy atom. The Morgan fingerprint density at radius 2 is 2.11 bits per heavy atom. The topological polar surface area (TPSA) is 54.9 Å². The molecule has 152 valence electrons. The third kappa shape index (κ3) is 5.86. The molecule has 5 nitrogen and oxygen atoms in total. The van der Waals surface area contributed by atoms with Crippen LogP contribution in [0.25, 0.3) is 0 Å².